The molecule has 0 spiro atoms. The highest BCUT2D eigenvalue weighted by atomic mass is 32.2. The minimum Gasteiger partial charge on any atom is -0.395 e. The minimum atomic E-state index is -4.04. The Balaban J connectivity index is 1.96. The van der Waals surface area contributed by atoms with E-state index in [1.54, 1.807) is 52.0 Å². The zero-order valence-electron chi connectivity index (χ0n) is 23.3. The van der Waals surface area contributed by atoms with Gasteiger partial charge >= 0.3 is 0 Å². The summed E-state index contributed by atoms with van der Waals surface area (Å²) in [6.45, 7) is 8.99. The highest BCUT2D eigenvalue weighted by Crippen LogP contribution is 2.33. The van der Waals surface area contributed by atoms with E-state index in [1.807, 2.05) is 13.8 Å². The first kappa shape index (κ1) is 31.6. The van der Waals surface area contributed by atoms with Crippen molar-refractivity contribution in [1.29, 1.82) is 0 Å². The Hall–Kier alpha value is -1.90. The molecule has 12 heteroatoms. The van der Waals surface area contributed by atoms with E-state index in [-0.39, 0.29) is 22.9 Å². The smallest absolute Gasteiger partial charge is 0.243 e. The van der Waals surface area contributed by atoms with Crippen LogP contribution in [0.4, 0.5) is 0 Å². The Morgan fingerprint density at radius 2 is 1.03 bits per heavy atom. The van der Waals surface area contributed by atoms with Crippen LogP contribution in [-0.4, -0.2) is 92.0 Å². The molecule has 0 aliphatic carbocycles. The lowest BCUT2D eigenvalue weighted by Crippen LogP contribution is -2.51. The van der Waals surface area contributed by atoms with Gasteiger partial charge in [0, 0.05) is 25.2 Å². The van der Waals surface area contributed by atoms with Crippen LogP contribution in [0.3, 0.4) is 0 Å². The number of ether oxygens (including phenoxy) is 2. The van der Waals surface area contributed by atoms with Crippen LogP contribution in [0.1, 0.15) is 38.8 Å². The van der Waals surface area contributed by atoms with Gasteiger partial charge < -0.3 is 19.7 Å². The third-order valence-corrected chi connectivity index (χ3v) is 10.8. The first-order chi connectivity index (χ1) is 18.1. The summed E-state index contributed by atoms with van der Waals surface area (Å²) in [5, 5.41) is 19.8. The van der Waals surface area contributed by atoms with Gasteiger partial charge in [0.15, 0.2) is 5.79 Å². The van der Waals surface area contributed by atoms with Crippen LogP contribution >= 0.6 is 0 Å². The van der Waals surface area contributed by atoms with Crippen LogP contribution in [0.2, 0.25) is 0 Å². The SMILES string of the molecule is Cc1ccc(S(=O)(=O)N(C[C@H]2OC(C)(C)O[C@@H]2CN([C@@H](C)CO)S(=O)(=O)c2ccc(C)cc2)[C@@H](C)CO)cc1. The van der Waals surface area contributed by atoms with Crippen molar-refractivity contribution in [2.75, 3.05) is 26.3 Å². The average molecular weight is 585 g/mol. The summed E-state index contributed by atoms with van der Waals surface area (Å²) in [5.74, 6) is -1.13. The third-order valence-electron chi connectivity index (χ3n) is 6.77. The van der Waals surface area contributed by atoms with Gasteiger partial charge in [0.05, 0.1) is 23.0 Å². The predicted molar refractivity (Wildman–Crippen MR) is 147 cm³/mol. The summed E-state index contributed by atoms with van der Waals surface area (Å²) in [7, 11) is -8.07. The average Bonchev–Trinajstić information content (AvgIpc) is 3.17. The lowest BCUT2D eigenvalue weighted by molar-refractivity contribution is -0.148. The molecule has 3 rings (SSSR count). The van der Waals surface area contributed by atoms with Crippen molar-refractivity contribution in [3.05, 3.63) is 59.7 Å². The monoisotopic (exact) mass is 584 g/mol. The molecule has 10 nitrogen and oxygen atoms in total. The van der Waals surface area contributed by atoms with E-state index < -0.39 is 63.3 Å². The van der Waals surface area contributed by atoms with Crippen LogP contribution in [0.5, 0.6) is 0 Å². The van der Waals surface area contributed by atoms with E-state index in [0.29, 0.717) is 0 Å². The number of hydrogen-bond acceptors (Lipinski definition) is 8. The van der Waals surface area contributed by atoms with Gasteiger partial charge in [-0.15, -0.1) is 0 Å². The number of hydrogen-bond donors (Lipinski definition) is 2. The summed E-state index contributed by atoms with van der Waals surface area (Å²) in [6.07, 6.45) is -1.73. The molecule has 4 atom stereocenters. The zero-order chi connectivity index (χ0) is 29.2. The number of rotatable bonds is 12. The fourth-order valence-electron chi connectivity index (χ4n) is 4.48. The number of aliphatic hydroxyl groups excluding tert-OH is 2. The predicted octanol–water partition coefficient (Wildman–Crippen LogP) is 2.27. The van der Waals surface area contributed by atoms with Crippen LogP contribution in [0, 0.1) is 13.8 Å². The summed E-state index contributed by atoms with van der Waals surface area (Å²) in [4.78, 5) is 0.140. The normalized spacial score (nSPS) is 21.4. The van der Waals surface area contributed by atoms with Gasteiger partial charge in [0.25, 0.3) is 0 Å². The molecular weight excluding hydrogens is 544 g/mol. The second-order valence-electron chi connectivity index (χ2n) is 10.6. The van der Waals surface area contributed by atoms with E-state index in [4.69, 9.17) is 9.47 Å². The molecule has 0 bridgehead atoms. The van der Waals surface area contributed by atoms with Crippen molar-refractivity contribution in [1.82, 2.24) is 8.61 Å². The van der Waals surface area contributed by atoms with Gasteiger partial charge in [0.1, 0.15) is 12.2 Å². The number of aliphatic hydroxyl groups is 2. The minimum absolute atomic E-state index is 0.0700. The van der Waals surface area contributed by atoms with Gasteiger partial charge in [-0.05, 0) is 65.8 Å². The number of nitrogens with zero attached hydrogens (tertiary/aromatic N) is 2. The van der Waals surface area contributed by atoms with Gasteiger partial charge in [-0.3, -0.25) is 0 Å². The van der Waals surface area contributed by atoms with Crippen LogP contribution in [0.25, 0.3) is 0 Å². The first-order valence-corrected chi connectivity index (χ1v) is 15.7. The molecule has 2 aromatic rings. The van der Waals surface area contributed by atoms with Crippen molar-refractivity contribution in [3.63, 3.8) is 0 Å². The van der Waals surface area contributed by atoms with E-state index in [0.717, 1.165) is 19.7 Å². The van der Waals surface area contributed by atoms with Gasteiger partial charge in [-0.2, -0.15) is 8.61 Å². The highest BCUT2D eigenvalue weighted by Gasteiger charge is 2.46. The Labute approximate surface area is 232 Å². The quantitative estimate of drug-likeness (QED) is 0.388. The first-order valence-electron chi connectivity index (χ1n) is 12.9. The lowest BCUT2D eigenvalue weighted by Gasteiger charge is -2.33. The lowest BCUT2D eigenvalue weighted by atomic mass is 10.2. The molecule has 2 N–H and O–H groups in total. The third kappa shape index (κ3) is 7.25. The molecule has 0 aromatic heterocycles. The van der Waals surface area contributed by atoms with Crippen LogP contribution in [0.15, 0.2) is 58.3 Å². The molecule has 0 radical (unpaired) electrons. The Kier molecular flexibility index (Phi) is 9.98. The summed E-state index contributed by atoms with van der Waals surface area (Å²) >= 11 is 0. The van der Waals surface area contributed by atoms with Crippen molar-refractivity contribution in [2.45, 2.75) is 81.4 Å². The largest absolute Gasteiger partial charge is 0.395 e. The van der Waals surface area contributed by atoms with E-state index in [1.165, 1.54) is 24.3 Å². The molecule has 39 heavy (non-hydrogen) atoms. The van der Waals surface area contributed by atoms with Crippen LogP contribution in [-0.2, 0) is 29.5 Å². The topological polar surface area (TPSA) is 134 Å². The zero-order valence-corrected chi connectivity index (χ0v) is 24.9. The number of aryl methyl sites for hydroxylation is 2. The number of sulfonamides is 2. The maximum Gasteiger partial charge on any atom is 0.243 e. The van der Waals surface area contributed by atoms with Crippen molar-refractivity contribution < 1.29 is 36.5 Å². The molecule has 2 aromatic carbocycles. The molecule has 0 unspecified atom stereocenters. The van der Waals surface area contributed by atoms with Crippen molar-refractivity contribution in [2.24, 2.45) is 0 Å². The Morgan fingerprint density at radius 1 is 0.718 bits per heavy atom. The van der Waals surface area contributed by atoms with Gasteiger partial charge in [-0.25, -0.2) is 16.8 Å². The maximum absolute atomic E-state index is 13.6. The molecule has 1 heterocycles. The summed E-state index contributed by atoms with van der Waals surface area (Å²) in [6, 6.07) is 11.2. The van der Waals surface area contributed by atoms with E-state index >= 15 is 0 Å². The Morgan fingerprint density at radius 3 is 1.31 bits per heavy atom. The summed E-state index contributed by atoms with van der Waals surface area (Å²) < 4.78 is 69.0. The van der Waals surface area contributed by atoms with Crippen molar-refractivity contribution >= 4 is 20.0 Å². The molecule has 0 amide bonds. The molecular formula is C27H40N2O8S2. The van der Waals surface area contributed by atoms with E-state index in [2.05, 4.69) is 0 Å². The summed E-state index contributed by atoms with van der Waals surface area (Å²) in [5.41, 5.74) is 1.80. The van der Waals surface area contributed by atoms with Gasteiger partial charge in [0.2, 0.25) is 20.0 Å². The fourth-order valence-corrected chi connectivity index (χ4v) is 7.75. The Bertz CT molecular complexity index is 1210. The maximum atomic E-state index is 13.6. The molecule has 0 saturated carbocycles. The van der Waals surface area contributed by atoms with Gasteiger partial charge in [-0.1, -0.05) is 35.4 Å². The van der Waals surface area contributed by atoms with E-state index in [9.17, 15) is 27.0 Å². The fraction of sp³-hybridized carbons (Fsp3) is 0.556. The molecule has 1 aliphatic rings. The molecule has 1 saturated heterocycles. The molecule has 1 fully saturated rings. The van der Waals surface area contributed by atoms with Crippen molar-refractivity contribution in [3.8, 4) is 0 Å². The molecule has 218 valence electrons. The number of benzene rings is 2. The van der Waals surface area contributed by atoms with Crippen LogP contribution < -0.4 is 0 Å². The molecule has 1 aliphatic heterocycles. The second kappa shape index (κ2) is 12.3. The second-order valence-corrected chi connectivity index (χ2v) is 14.3. The highest BCUT2D eigenvalue weighted by molar-refractivity contribution is 7.89. The standard InChI is InChI=1S/C27H40N2O8S2/c1-19-7-11-23(12-8-19)38(32,33)28(21(3)17-30)15-25-26(37-27(5,6)36-25)16-29(22(4)18-31)39(34,35)24-13-9-20(2)10-14-24/h7-14,21-22,25-26,30-31H,15-18H2,1-6H3/t21-,22-,25+,26+/m0/s1.